The molecule has 1 aromatic carbocycles. The Morgan fingerprint density at radius 1 is 1.03 bits per heavy atom. The molecule has 0 saturated carbocycles. The number of nitrogens with zero attached hydrogens (tertiary/aromatic N) is 5. The molecule has 1 aromatic heterocycles. The van der Waals surface area contributed by atoms with Crippen LogP contribution in [0.15, 0.2) is 24.3 Å². The summed E-state index contributed by atoms with van der Waals surface area (Å²) in [5, 5.41) is 3.41. The zero-order valence-corrected chi connectivity index (χ0v) is 17.5. The van der Waals surface area contributed by atoms with Gasteiger partial charge in [0.1, 0.15) is 5.82 Å². The van der Waals surface area contributed by atoms with E-state index < -0.39 is 0 Å². The smallest absolute Gasteiger partial charge is 0.231 e. The summed E-state index contributed by atoms with van der Waals surface area (Å²) >= 11 is 0. The number of benzene rings is 1. The van der Waals surface area contributed by atoms with Gasteiger partial charge in [0.25, 0.3) is 0 Å². The van der Waals surface area contributed by atoms with Crippen molar-refractivity contribution in [2.45, 2.75) is 13.5 Å². The van der Waals surface area contributed by atoms with E-state index in [1.807, 2.05) is 19.1 Å². The van der Waals surface area contributed by atoms with Gasteiger partial charge >= 0.3 is 0 Å². The first kappa shape index (κ1) is 19.7. The molecule has 3 heterocycles. The third-order valence-corrected chi connectivity index (χ3v) is 5.21. The van der Waals surface area contributed by atoms with Crippen molar-refractivity contribution < 1.29 is 9.47 Å². The van der Waals surface area contributed by atoms with E-state index in [-0.39, 0.29) is 0 Å². The molecule has 2 aromatic rings. The summed E-state index contributed by atoms with van der Waals surface area (Å²) in [4.78, 5) is 16.3. The molecule has 29 heavy (non-hydrogen) atoms. The molecule has 1 fully saturated rings. The van der Waals surface area contributed by atoms with Gasteiger partial charge in [-0.25, -0.2) is 4.98 Å². The number of rotatable bonds is 7. The van der Waals surface area contributed by atoms with Gasteiger partial charge in [0.15, 0.2) is 11.5 Å². The highest BCUT2D eigenvalue weighted by molar-refractivity contribution is 5.45. The largest absolute Gasteiger partial charge is 0.454 e. The van der Waals surface area contributed by atoms with Gasteiger partial charge in [0.05, 0.1) is 0 Å². The summed E-state index contributed by atoms with van der Waals surface area (Å²) in [5.41, 5.74) is 2.24. The summed E-state index contributed by atoms with van der Waals surface area (Å²) in [5.74, 6) is 3.41. The van der Waals surface area contributed by atoms with Crippen molar-refractivity contribution in [1.82, 2.24) is 19.8 Å². The summed E-state index contributed by atoms with van der Waals surface area (Å²) in [6, 6.07) is 8.22. The first-order valence-corrected chi connectivity index (χ1v) is 10.2. The van der Waals surface area contributed by atoms with Gasteiger partial charge in [0, 0.05) is 57.6 Å². The minimum Gasteiger partial charge on any atom is -0.454 e. The second-order valence-electron chi connectivity index (χ2n) is 7.88. The minimum atomic E-state index is 0.319. The Bertz CT molecular complexity index is 836. The van der Waals surface area contributed by atoms with E-state index in [4.69, 9.17) is 14.5 Å². The first-order chi connectivity index (χ1) is 14.1. The number of likely N-dealkylation sites (N-methyl/N-ethyl adjacent to an activating group) is 1. The van der Waals surface area contributed by atoms with Crippen molar-refractivity contribution in [1.29, 1.82) is 0 Å². The minimum absolute atomic E-state index is 0.319. The molecule has 0 aliphatic carbocycles. The standard InChI is InChI=1S/C21H30N6O2/c1-16-12-20(22-6-7-25(2)3)24-21(23-16)27-10-8-26(9-11-27)14-17-4-5-18-19(13-17)29-15-28-18/h4-5,12-13H,6-11,14-15H2,1-3H3,(H,22,23,24). The lowest BCUT2D eigenvalue weighted by Gasteiger charge is -2.35. The lowest BCUT2D eigenvalue weighted by molar-refractivity contribution is 0.174. The highest BCUT2D eigenvalue weighted by Crippen LogP contribution is 2.32. The zero-order chi connectivity index (χ0) is 20.2. The van der Waals surface area contributed by atoms with E-state index in [1.165, 1.54) is 5.56 Å². The Labute approximate surface area is 172 Å². The third kappa shape index (κ3) is 5.07. The molecule has 0 amide bonds. The number of hydrogen-bond acceptors (Lipinski definition) is 8. The van der Waals surface area contributed by atoms with Crippen LogP contribution in [0, 0.1) is 6.92 Å². The second-order valence-corrected chi connectivity index (χ2v) is 7.88. The summed E-state index contributed by atoms with van der Waals surface area (Å²) in [6.45, 7) is 8.90. The Hall–Kier alpha value is -2.58. The molecule has 0 spiro atoms. The van der Waals surface area contributed by atoms with E-state index in [0.717, 1.165) is 74.8 Å². The molecule has 2 aliphatic heterocycles. The van der Waals surface area contributed by atoms with Crippen molar-refractivity contribution in [3.8, 4) is 11.5 Å². The van der Waals surface area contributed by atoms with Crippen molar-refractivity contribution in [3.05, 3.63) is 35.5 Å². The Morgan fingerprint density at radius 3 is 2.62 bits per heavy atom. The lowest BCUT2D eigenvalue weighted by Crippen LogP contribution is -2.46. The molecule has 1 N–H and O–H groups in total. The van der Waals surface area contributed by atoms with Crippen molar-refractivity contribution >= 4 is 11.8 Å². The zero-order valence-electron chi connectivity index (χ0n) is 17.5. The number of piperazine rings is 1. The molecule has 8 nitrogen and oxygen atoms in total. The molecule has 2 aliphatic rings. The number of aryl methyl sites for hydroxylation is 1. The maximum absolute atomic E-state index is 5.49. The van der Waals surface area contributed by atoms with E-state index in [9.17, 15) is 0 Å². The van der Waals surface area contributed by atoms with E-state index in [1.54, 1.807) is 0 Å². The molecular weight excluding hydrogens is 368 g/mol. The van der Waals surface area contributed by atoms with E-state index in [2.05, 4.69) is 51.2 Å². The summed E-state index contributed by atoms with van der Waals surface area (Å²) < 4.78 is 10.9. The topological polar surface area (TPSA) is 66.0 Å². The fourth-order valence-electron chi connectivity index (χ4n) is 3.60. The molecule has 0 atom stereocenters. The number of fused-ring (bicyclic) bond motifs is 1. The first-order valence-electron chi connectivity index (χ1n) is 10.2. The fourth-order valence-corrected chi connectivity index (χ4v) is 3.60. The average Bonchev–Trinajstić information content (AvgIpc) is 3.16. The normalized spacial score (nSPS) is 16.5. The Balaban J connectivity index is 1.32. The van der Waals surface area contributed by atoms with Crippen molar-refractivity contribution in [2.24, 2.45) is 0 Å². The molecule has 0 unspecified atom stereocenters. The quantitative estimate of drug-likeness (QED) is 0.758. The van der Waals surface area contributed by atoms with Gasteiger partial charge in [-0.05, 0) is 38.7 Å². The van der Waals surface area contributed by atoms with Crippen molar-refractivity contribution in [3.63, 3.8) is 0 Å². The molecule has 0 bridgehead atoms. The third-order valence-electron chi connectivity index (χ3n) is 5.21. The number of ether oxygens (including phenoxy) is 2. The number of anilines is 2. The van der Waals surface area contributed by atoms with Crippen LogP contribution in [-0.4, -0.2) is 79.9 Å². The monoisotopic (exact) mass is 398 g/mol. The van der Waals surface area contributed by atoms with Crippen LogP contribution in [0.1, 0.15) is 11.3 Å². The van der Waals surface area contributed by atoms with Crippen LogP contribution < -0.4 is 19.7 Å². The van der Waals surface area contributed by atoms with Crippen molar-refractivity contribution in [2.75, 3.05) is 70.4 Å². The van der Waals surface area contributed by atoms with Gasteiger partial charge in [0.2, 0.25) is 12.7 Å². The fraction of sp³-hybridized carbons (Fsp3) is 0.524. The van der Waals surface area contributed by atoms with E-state index >= 15 is 0 Å². The van der Waals surface area contributed by atoms with Crippen LogP contribution in [0.3, 0.4) is 0 Å². The van der Waals surface area contributed by atoms with Crippen LogP contribution in [0.5, 0.6) is 11.5 Å². The number of nitrogens with one attached hydrogen (secondary N) is 1. The SMILES string of the molecule is Cc1cc(NCCN(C)C)nc(N2CCN(Cc3ccc4c(c3)OCO4)CC2)n1. The van der Waals surface area contributed by atoms with Crippen LogP contribution in [0.4, 0.5) is 11.8 Å². The highest BCUT2D eigenvalue weighted by Gasteiger charge is 2.21. The maximum Gasteiger partial charge on any atom is 0.231 e. The van der Waals surface area contributed by atoms with Gasteiger partial charge in [-0.1, -0.05) is 6.07 Å². The average molecular weight is 399 g/mol. The number of hydrogen-bond donors (Lipinski definition) is 1. The molecule has 0 radical (unpaired) electrons. The lowest BCUT2D eigenvalue weighted by atomic mass is 10.1. The van der Waals surface area contributed by atoms with Gasteiger partial charge < -0.3 is 24.6 Å². The van der Waals surface area contributed by atoms with Crippen LogP contribution in [0.25, 0.3) is 0 Å². The van der Waals surface area contributed by atoms with E-state index in [0.29, 0.717) is 6.79 Å². The predicted octanol–water partition coefficient (Wildman–Crippen LogP) is 1.81. The molecule has 4 rings (SSSR count). The van der Waals surface area contributed by atoms with Crippen LogP contribution >= 0.6 is 0 Å². The maximum atomic E-state index is 5.49. The number of aromatic nitrogens is 2. The van der Waals surface area contributed by atoms with Crippen LogP contribution in [0.2, 0.25) is 0 Å². The molecule has 1 saturated heterocycles. The molecule has 156 valence electrons. The molecule has 8 heteroatoms. The summed E-state index contributed by atoms with van der Waals surface area (Å²) in [7, 11) is 4.14. The molecular formula is C21H30N6O2. The highest BCUT2D eigenvalue weighted by atomic mass is 16.7. The predicted molar refractivity (Wildman–Crippen MR) is 114 cm³/mol. The Kier molecular flexibility index (Phi) is 6.01. The van der Waals surface area contributed by atoms with Gasteiger partial charge in [-0.2, -0.15) is 4.98 Å². The van der Waals surface area contributed by atoms with Gasteiger partial charge in [-0.3, -0.25) is 4.90 Å². The Morgan fingerprint density at radius 2 is 1.83 bits per heavy atom. The van der Waals surface area contributed by atoms with Crippen LogP contribution in [-0.2, 0) is 6.54 Å². The summed E-state index contributed by atoms with van der Waals surface area (Å²) in [6.07, 6.45) is 0. The second kappa shape index (κ2) is 8.84. The van der Waals surface area contributed by atoms with Gasteiger partial charge in [-0.15, -0.1) is 0 Å².